The molecule has 0 aromatic heterocycles. The maximum atomic E-state index is 9.00. The first-order chi connectivity index (χ1) is 6.54. The first-order valence-electron chi connectivity index (χ1n) is 5.24. The molecule has 0 aromatic rings. The van der Waals surface area contributed by atoms with Crippen molar-refractivity contribution in [2.24, 2.45) is 0 Å². The Morgan fingerprint density at radius 2 is 1.50 bits per heavy atom. The zero-order valence-corrected chi connectivity index (χ0v) is 13.9. The molecular formula is C10H22BrO2Sn. The summed E-state index contributed by atoms with van der Waals surface area (Å²) in [5.74, 6) is -0.833. The van der Waals surface area contributed by atoms with Crippen molar-refractivity contribution in [3.63, 3.8) is 0 Å². The van der Waals surface area contributed by atoms with Gasteiger partial charge in [-0.2, -0.15) is 0 Å². The van der Waals surface area contributed by atoms with Gasteiger partial charge in [0.2, 0.25) is 0 Å². The summed E-state index contributed by atoms with van der Waals surface area (Å²) in [6.45, 7) is 5.65. The summed E-state index contributed by atoms with van der Waals surface area (Å²) in [4.78, 5) is 9.00. The van der Waals surface area contributed by atoms with Crippen LogP contribution in [0.25, 0.3) is 0 Å². The van der Waals surface area contributed by atoms with Crippen LogP contribution in [0.4, 0.5) is 0 Å². The number of unbranched alkanes of at least 4 members (excludes halogenated alkanes) is 2. The normalized spacial score (nSPS) is 9.50. The van der Waals surface area contributed by atoms with Crippen molar-refractivity contribution in [1.82, 2.24) is 0 Å². The molecule has 1 N–H and O–H groups in total. The zero-order chi connectivity index (χ0) is 11.4. The summed E-state index contributed by atoms with van der Waals surface area (Å²) in [6, 6.07) is 0. The van der Waals surface area contributed by atoms with E-state index in [0.29, 0.717) is 0 Å². The average Bonchev–Trinajstić information content (AvgIpc) is 2.10. The zero-order valence-electron chi connectivity index (χ0n) is 9.48. The van der Waals surface area contributed by atoms with Gasteiger partial charge in [0, 0.05) is 6.92 Å². The van der Waals surface area contributed by atoms with Crippen molar-refractivity contribution in [3.8, 4) is 0 Å². The third-order valence-electron chi connectivity index (χ3n) is 1.60. The first kappa shape index (κ1) is 17.2. The van der Waals surface area contributed by atoms with Gasteiger partial charge in [-0.25, -0.2) is 0 Å². The SMILES string of the molecule is CC(=O)O.CCC[CH2][Sn]([Br])[CH2]CCC. The van der Waals surface area contributed by atoms with Gasteiger partial charge in [0.25, 0.3) is 5.97 Å². The molecule has 4 heteroatoms. The van der Waals surface area contributed by atoms with E-state index in [9.17, 15) is 0 Å². The topological polar surface area (TPSA) is 37.3 Å². The Morgan fingerprint density at radius 1 is 1.21 bits per heavy atom. The number of hydrogen-bond donors (Lipinski definition) is 1. The molecule has 0 heterocycles. The van der Waals surface area contributed by atoms with Crippen molar-refractivity contribution in [2.45, 2.75) is 55.3 Å². The van der Waals surface area contributed by atoms with E-state index < -0.39 is 23.5 Å². The van der Waals surface area contributed by atoms with E-state index in [2.05, 4.69) is 26.6 Å². The Hall–Kier alpha value is 0.749. The molecule has 0 spiro atoms. The molecule has 0 saturated carbocycles. The van der Waals surface area contributed by atoms with E-state index >= 15 is 0 Å². The van der Waals surface area contributed by atoms with Crippen LogP contribution in [0.5, 0.6) is 0 Å². The predicted molar refractivity (Wildman–Crippen MR) is 67.4 cm³/mol. The molecule has 0 bridgehead atoms. The number of rotatable bonds is 6. The van der Waals surface area contributed by atoms with Crippen molar-refractivity contribution in [2.75, 3.05) is 0 Å². The standard InChI is InChI=1S/2C4H9.C2H4O2.BrH.Sn/c2*1-3-4-2;1-2(3)4;;/h2*1,3-4H2,2H3;1H3,(H,3,4);1H;/q;;;;+1/p-1. The first-order valence-corrected chi connectivity index (χ1v) is 15.7. The van der Waals surface area contributed by atoms with Gasteiger partial charge in [-0.05, 0) is 0 Å². The van der Waals surface area contributed by atoms with E-state index in [1.54, 1.807) is 8.87 Å². The second-order valence-corrected chi connectivity index (χ2v) is 16.6. The van der Waals surface area contributed by atoms with E-state index in [0.717, 1.165) is 6.92 Å². The molecule has 2 nitrogen and oxygen atoms in total. The fraction of sp³-hybridized carbons (Fsp3) is 0.900. The Balaban J connectivity index is 0. The van der Waals surface area contributed by atoms with Crippen LogP contribution < -0.4 is 0 Å². The van der Waals surface area contributed by atoms with Crippen molar-refractivity contribution < 1.29 is 9.90 Å². The van der Waals surface area contributed by atoms with Gasteiger partial charge in [0.15, 0.2) is 0 Å². The number of carbonyl (C=O) groups is 1. The number of hydrogen-bond acceptors (Lipinski definition) is 1. The summed E-state index contributed by atoms with van der Waals surface area (Å²) < 4.78 is 3.11. The molecular weight excluding hydrogens is 351 g/mol. The molecule has 14 heavy (non-hydrogen) atoms. The van der Waals surface area contributed by atoms with Crippen molar-refractivity contribution >= 4 is 36.2 Å². The Bertz CT molecular complexity index is 119. The number of carboxylic acid groups (broad SMARTS) is 1. The van der Waals surface area contributed by atoms with Crippen molar-refractivity contribution in [1.29, 1.82) is 0 Å². The summed E-state index contributed by atoms with van der Waals surface area (Å²) in [7, 11) is 0. The summed E-state index contributed by atoms with van der Waals surface area (Å²) in [5.41, 5.74) is 0. The summed E-state index contributed by atoms with van der Waals surface area (Å²) in [6.07, 6.45) is 5.68. The number of carboxylic acids is 1. The van der Waals surface area contributed by atoms with Crippen LogP contribution >= 0.6 is 12.7 Å². The van der Waals surface area contributed by atoms with E-state index in [4.69, 9.17) is 9.90 Å². The summed E-state index contributed by atoms with van der Waals surface area (Å²) >= 11 is 2.95. The third-order valence-corrected chi connectivity index (χ3v) is 12.0. The van der Waals surface area contributed by atoms with Crippen LogP contribution in [0.2, 0.25) is 8.87 Å². The molecule has 0 aliphatic rings. The molecule has 85 valence electrons. The fourth-order valence-corrected chi connectivity index (χ4v) is 9.55. The maximum absolute atomic E-state index is 9.00. The molecule has 0 rings (SSSR count). The Labute approximate surface area is 101 Å². The minimum absolute atomic E-state index is 0.833. The number of halogens is 1. The van der Waals surface area contributed by atoms with Crippen LogP contribution in [0.15, 0.2) is 0 Å². The molecule has 0 unspecified atom stereocenters. The molecule has 0 fully saturated rings. The average molecular weight is 373 g/mol. The molecule has 0 saturated heterocycles. The number of aliphatic carboxylic acids is 1. The molecule has 1 radical (unpaired) electrons. The van der Waals surface area contributed by atoms with E-state index in [-0.39, 0.29) is 0 Å². The second kappa shape index (κ2) is 13.7. The fourth-order valence-electron chi connectivity index (χ4n) is 0.862. The van der Waals surface area contributed by atoms with Crippen LogP contribution in [0.3, 0.4) is 0 Å². The molecule has 0 aliphatic carbocycles. The molecule has 0 atom stereocenters. The van der Waals surface area contributed by atoms with Gasteiger partial charge in [0.1, 0.15) is 0 Å². The molecule has 0 aliphatic heterocycles. The minimum atomic E-state index is -0.928. The van der Waals surface area contributed by atoms with Gasteiger partial charge in [0.05, 0.1) is 0 Å². The Kier molecular flexibility index (Phi) is 16.8. The monoisotopic (exact) mass is 373 g/mol. The van der Waals surface area contributed by atoms with E-state index in [1.165, 1.54) is 25.7 Å². The summed E-state index contributed by atoms with van der Waals surface area (Å²) in [5, 5.41) is 7.42. The van der Waals surface area contributed by atoms with Crippen LogP contribution in [-0.2, 0) is 4.79 Å². The van der Waals surface area contributed by atoms with Gasteiger partial charge in [-0.15, -0.1) is 0 Å². The van der Waals surface area contributed by atoms with Gasteiger partial charge < -0.3 is 5.11 Å². The molecule has 0 amide bonds. The van der Waals surface area contributed by atoms with Crippen LogP contribution in [-0.4, -0.2) is 28.6 Å². The van der Waals surface area contributed by atoms with Crippen LogP contribution in [0.1, 0.15) is 46.5 Å². The predicted octanol–water partition coefficient (Wildman–Crippen LogP) is 4.06. The Morgan fingerprint density at radius 3 is 1.71 bits per heavy atom. The second-order valence-electron chi connectivity index (χ2n) is 3.24. The van der Waals surface area contributed by atoms with Gasteiger partial charge in [-0.3, -0.25) is 4.79 Å². The molecule has 0 aromatic carbocycles. The quantitative estimate of drug-likeness (QED) is 0.714. The van der Waals surface area contributed by atoms with Gasteiger partial charge in [-0.1, -0.05) is 0 Å². The van der Waals surface area contributed by atoms with Gasteiger partial charge >= 0.3 is 78.6 Å². The van der Waals surface area contributed by atoms with Crippen LogP contribution in [0, 0.1) is 0 Å². The van der Waals surface area contributed by atoms with E-state index in [1.807, 2.05) is 0 Å². The third kappa shape index (κ3) is 23.0. The van der Waals surface area contributed by atoms with Crippen molar-refractivity contribution in [3.05, 3.63) is 0 Å².